The van der Waals surface area contributed by atoms with Crippen LogP contribution in [0.5, 0.6) is 0 Å². The Balaban J connectivity index is 0.00000192. The highest BCUT2D eigenvalue weighted by Crippen LogP contribution is 2.31. The van der Waals surface area contributed by atoms with Crippen LogP contribution in [0.4, 0.5) is 0 Å². The first-order valence-corrected chi connectivity index (χ1v) is 9.07. The normalized spacial score (nSPS) is 28.7. The van der Waals surface area contributed by atoms with Gasteiger partial charge in [-0.05, 0) is 45.1 Å². The molecule has 3 rings (SSSR count). The lowest BCUT2D eigenvalue weighted by Gasteiger charge is -2.25. The SMILES string of the molecule is CCNC(=NCC1CCN(C2CC2)C1)N(C)CC1CCOC1.I. The van der Waals surface area contributed by atoms with Gasteiger partial charge in [0.2, 0.25) is 0 Å². The summed E-state index contributed by atoms with van der Waals surface area (Å²) in [5.41, 5.74) is 0. The number of guanidine groups is 1. The van der Waals surface area contributed by atoms with Crippen molar-refractivity contribution >= 4 is 29.9 Å². The monoisotopic (exact) mass is 436 g/mol. The van der Waals surface area contributed by atoms with Gasteiger partial charge in [-0.15, -0.1) is 24.0 Å². The molecule has 2 heterocycles. The molecular formula is C17H33IN4O. The number of nitrogens with zero attached hydrogens (tertiary/aromatic N) is 3. The maximum Gasteiger partial charge on any atom is 0.193 e. The van der Waals surface area contributed by atoms with Gasteiger partial charge in [0.1, 0.15) is 0 Å². The van der Waals surface area contributed by atoms with E-state index in [9.17, 15) is 0 Å². The Morgan fingerprint density at radius 3 is 2.74 bits per heavy atom. The molecule has 0 amide bonds. The highest BCUT2D eigenvalue weighted by molar-refractivity contribution is 14.0. The number of aliphatic imine (C=N–C) groups is 1. The molecule has 2 unspecified atom stereocenters. The molecule has 0 aromatic rings. The van der Waals surface area contributed by atoms with Crippen LogP contribution >= 0.6 is 24.0 Å². The second kappa shape index (κ2) is 9.42. The van der Waals surface area contributed by atoms with E-state index in [0.717, 1.165) is 50.8 Å². The van der Waals surface area contributed by atoms with Crippen LogP contribution in [0.2, 0.25) is 0 Å². The molecule has 2 atom stereocenters. The highest BCUT2D eigenvalue weighted by atomic mass is 127. The topological polar surface area (TPSA) is 40.1 Å². The van der Waals surface area contributed by atoms with Gasteiger partial charge in [-0.1, -0.05) is 0 Å². The smallest absolute Gasteiger partial charge is 0.193 e. The van der Waals surface area contributed by atoms with E-state index in [1.165, 1.54) is 38.8 Å². The van der Waals surface area contributed by atoms with Gasteiger partial charge in [0.15, 0.2) is 5.96 Å². The number of rotatable bonds is 6. The zero-order valence-corrected chi connectivity index (χ0v) is 17.0. The fourth-order valence-corrected chi connectivity index (χ4v) is 3.67. The lowest BCUT2D eigenvalue weighted by molar-refractivity contribution is 0.181. The average Bonchev–Trinajstić information content (AvgIpc) is 3.04. The molecule has 0 spiro atoms. The molecule has 1 saturated carbocycles. The number of ether oxygens (including phenoxy) is 1. The van der Waals surface area contributed by atoms with E-state index in [1.807, 2.05) is 0 Å². The maximum atomic E-state index is 5.49. The van der Waals surface area contributed by atoms with Gasteiger partial charge in [0.25, 0.3) is 0 Å². The van der Waals surface area contributed by atoms with Crippen LogP contribution in [0.3, 0.4) is 0 Å². The van der Waals surface area contributed by atoms with Crippen LogP contribution in [0.15, 0.2) is 4.99 Å². The Kier molecular flexibility index (Phi) is 7.88. The fraction of sp³-hybridized carbons (Fsp3) is 0.941. The van der Waals surface area contributed by atoms with Crippen LogP contribution in [0.25, 0.3) is 0 Å². The van der Waals surface area contributed by atoms with Crippen molar-refractivity contribution in [2.75, 3.05) is 53.0 Å². The zero-order chi connectivity index (χ0) is 15.4. The Morgan fingerprint density at radius 1 is 1.26 bits per heavy atom. The van der Waals surface area contributed by atoms with Gasteiger partial charge < -0.3 is 19.9 Å². The minimum absolute atomic E-state index is 0. The molecule has 0 aromatic carbocycles. The van der Waals surface area contributed by atoms with Crippen molar-refractivity contribution in [2.45, 2.75) is 38.6 Å². The summed E-state index contributed by atoms with van der Waals surface area (Å²) in [6.07, 6.45) is 5.35. The van der Waals surface area contributed by atoms with Crippen molar-refractivity contribution in [2.24, 2.45) is 16.8 Å². The molecule has 0 bridgehead atoms. The fourth-order valence-electron chi connectivity index (χ4n) is 3.67. The van der Waals surface area contributed by atoms with E-state index in [0.29, 0.717) is 5.92 Å². The molecule has 23 heavy (non-hydrogen) atoms. The van der Waals surface area contributed by atoms with Gasteiger partial charge in [-0.25, -0.2) is 0 Å². The summed E-state index contributed by atoms with van der Waals surface area (Å²) in [5, 5.41) is 3.45. The van der Waals surface area contributed by atoms with Crippen molar-refractivity contribution in [3.05, 3.63) is 0 Å². The summed E-state index contributed by atoms with van der Waals surface area (Å²) in [7, 11) is 2.16. The third kappa shape index (κ3) is 5.74. The molecule has 6 heteroatoms. The second-order valence-corrected chi connectivity index (χ2v) is 7.19. The van der Waals surface area contributed by atoms with Gasteiger partial charge in [-0.2, -0.15) is 0 Å². The van der Waals surface area contributed by atoms with Gasteiger partial charge in [-0.3, -0.25) is 4.99 Å². The maximum absolute atomic E-state index is 5.49. The van der Waals surface area contributed by atoms with E-state index in [4.69, 9.17) is 9.73 Å². The van der Waals surface area contributed by atoms with E-state index < -0.39 is 0 Å². The first kappa shape index (κ1) is 19.2. The summed E-state index contributed by atoms with van der Waals surface area (Å²) in [6, 6.07) is 0.909. The van der Waals surface area contributed by atoms with Crippen molar-refractivity contribution in [1.82, 2.24) is 15.1 Å². The van der Waals surface area contributed by atoms with Crippen molar-refractivity contribution < 1.29 is 4.74 Å². The Bertz CT molecular complexity index is 383. The number of hydrogen-bond acceptors (Lipinski definition) is 3. The molecule has 0 radical (unpaired) electrons. The van der Waals surface area contributed by atoms with E-state index in [-0.39, 0.29) is 24.0 Å². The Hall–Kier alpha value is -0.0800. The molecule has 1 aliphatic carbocycles. The third-order valence-corrected chi connectivity index (χ3v) is 5.13. The number of nitrogens with one attached hydrogen (secondary N) is 1. The predicted molar refractivity (Wildman–Crippen MR) is 106 cm³/mol. The quantitative estimate of drug-likeness (QED) is 0.393. The zero-order valence-electron chi connectivity index (χ0n) is 14.7. The molecule has 3 fully saturated rings. The minimum atomic E-state index is 0. The molecule has 5 nitrogen and oxygen atoms in total. The molecule has 1 N–H and O–H groups in total. The Labute approximate surface area is 158 Å². The molecular weight excluding hydrogens is 403 g/mol. The number of likely N-dealkylation sites (tertiary alicyclic amines) is 1. The Morgan fingerprint density at radius 2 is 2.09 bits per heavy atom. The predicted octanol–water partition coefficient (Wildman–Crippen LogP) is 2.02. The highest BCUT2D eigenvalue weighted by Gasteiger charge is 2.34. The molecule has 134 valence electrons. The largest absolute Gasteiger partial charge is 0.381 e. The van der Waals surface area contributed by atoms with Crippen LogP contribution in [-0.2, 0) is 4.74 Å². The second-order valence-electron chi connectivity index (χ2n) is 7.19. The molecule has 0 aromatic heterocycles. The first-order valence-electron chi connectivity index (χ1n) is 9.07. The van der Waals surface area contributed by atoms with Gasteiger partial charge in [0.05, 0.1) is 6.61 Å². The average molecular weight is 436 g/mol. The lowest BCUT2D eigenvalue weighted by atomic mass is 10.1. The van der Waals surface area contributed by atoms with E-state index >= 15 is 0 Å². The summed E-state index contributed by atoms with van der Waals surface area (Å²) in [5.74, 6) is 2.47. The van der Waals surface area contributed by atoms with Crippen molar-refractivity contribution in [1.29, 1.82) is 0 Å². The van der Waals surface area contributed by atoms with Gasteiger partial charge >= 0.3 is 0 Å². The van der Waals surface area contributed by atoms with Crippen LogP contribution in [0.1, 0.15) is 32.6 Å². The van der Waals surface area contributed by atoms with Crippen LogP contribution in [0, 0.1) is 11.8 Å². The first-order chi connectivity index (χ1) is 10.8. The number of halogens is 1. The van der Waals surface area contributed by atoms with Crippen LogP contribution < -0.4 is 5.32 Å². The molecule has 2 saturated heterocycles. The standard InChI is InChI=1S/C17H32N4O.HI/c1-3-18-17(20(2)11-15-7-9-22-13-15)19-10-14-6-8-21(12-14)16-4-5-16;/h14-16H,3-13H2,1-2H3,(H,18,19);1H. The molecule has 2 aliphatic heterocycles. The number of hydrogen-bond donors (Lipinski definition) is 1. The van der Waals surface area contributed by atoms with Crippen molar-refractivity contribution in [3.63, 3.8) is 0 Å². The summed E-state index contributed by atoms with van der Waals surface area (Å²) in [4.78, 5) is 9.88. The summed E-state index contributed by atoms with van der Waals surface area (Å²) < 4.78 is 5.49. The molecule has 3 aliphatic rings. The minimum Gasteiger partial charge on any atom is -0.381 e. The lowest BCUT2D eigenvalue weighted by Crippen LogP contribution is -2.41. The third-order valence-electron chi connectivity index (χ3n) is 5.13. The van der Waals surface area contributed by atoms with Crippen LogP contribution in [-0.4, -0.2) is 74.8 Å². The van der Waals surface area contributed by atoms with E-state index in [2.05, 4.69) is 29.1 Å². The van der Waals surface area contributed by atoms with E-state index in [1.54, 1.807) is 0 Å². The summed E-state index contributed by atoms with van der Waals surface area (Å²) >= 11 is 0. The van der Waals surface area contributed by atoms with Crippen molar-refractivity contribution in [3.8, 4) is 0 Å². The van der Waals surface area contributed by atoms with Gasteiger partial charge in [0, 0.05) is 51.8 Å². The summed E-state index contributed by atoms with van der Waals surface area (Å²) in [6.45, 7) is 9.47.